The zero-order chi connectivity index (χ0) is 19.0. The van der Waals surface area contributed by atoms with E-state index in [1.165, 1.54) is 11.1 Å². The fourth-order valence-electron chi connectivity index (χ4n) is 3.10. The highest BCUT2D eigenvalue weighted by Gasteiger charge is 2.37. The van der Waals surface area contributed by atoms with Gasteiger partial charge in [-0.1, -0.05) is 90.1 Å². The lowest BCUT2D eigenvalue weighted by Crippen LogP contribution is -2.39. The van der Waals surface area contributed by atoms with Crippen LogP contribution in [0.5, 0.6) is 0 Å². The van der Waals surface area contributed by atoms with E-state index in [-0.39, 0.29) is 10.8 Å². The van der Waals surface area contributed by atoms with Gasteiger partial charge in [-0.15, -0.1) is 0 Å². The fraction of sp³-hybridized carbons (Fsp3) is 0.478. The molecule has 0 bridgehead atoms. The summed E-state index contributed by atoms with van der Waals surface area (Å²) in [5.74, 6) is 0. The molecule has 0 aliphatic heterocycles. The first kappa shape index (κ1) is 19.7. The van der Waals surface area contributed by atoms with Crippen LogP contribution < -0.4 is 0 Å². The minimum absolute atomic E-state index is 0.0514. The Kier molecular flexibility index (Phi) is 5.18. The monoisotopic (exact) mass is 340 g/mol. The quantitative estimate of drug-likeness (QED) is 0.834. The van der Waals surface area contributed by atoms with Crippen LogP contribution in [0, 0.1) is 0 Å². The molecule has 2 rings (SSSR count). The van der Waals surface area contributed by atoms with Gasteiger partial charge in [0.2, 0.25) is 0 Å². The third kappa shape index (κ3) is 3.96. The Bertz CT molecular complexity index is 638. The molecule has 2 nitrogen and oxygen atoms in total. The van der Waals surface area contributed by atoms with Crippen molar-refractivity contribution in [1.82, 2.24) is 0 Å². The summed E-state index contributed by atoms with van der Waals surface area (Å²) in [5, 5.41) is 21.8. The average molecular weight is 341 g/mol. The van der Waals surface area contributed by atoms with Crippen molar-refractivity contribution in [3.05, 3.63) is 70.8 Å². The molecule has 0 radical (unpaired) electrons. The van der Waals surface area contributed by atoms with Crippen LogP contribution in [0.15, 0.2) is 48.5 Å². The van der Waals surface area contributed by atoms with Gasteiger partial charge in [0.1, 0.15) is 5.60 Å². The average Bonchev–Trinajstić information content (AvgIpc) is 2.52. The highest BCUT2D eigenvalue weighted by Crippen LogP contribution is 2.35. The van der Waals surface area contributed by atoms with Gasteiger partial charge in [0.25, 0.3) is 0 Å². The number of rotatable bonds is 3. The summed E-state index contributed by atoms with van der Waals surface area (Å²) in [5.41, 5.74) is 2.50. The minimum atomic E-state index is -1.42. The van der Waals surface area contributed by atoms with Gasteiger partial charge in [0.15, 0.2) is 0 Å². The Morgan fingerprint density at radius 1 is 0.600 bits per heavy atom. The second kappa shape index (κ2) is 6.59. The van der Waals surface area contributed by atoms with Crippen molar-refractivity contribution >= 4 is 0 Å². The molecule has 0 saturated heterocycles. The molecule has 0 unspecified atom stereocenters. The van der Waals surface area contributed by atoms with Gasteiger partial charge >= 0.3 is 0 Å². The van der Waals surface area contributed by atoms with Crippen LogP contribution in [0.3, 0.4) is 0 Å². The SMILES string of the molecule is C[C@H](O)C(O)(c1ccc(C(C)(C)C)cc1)c1ccc(C(C)(C)C)cc1. The summed E-state index contributed by atoms with van der Waals surface area (Å²) in [7, 11) is 0. The van der Waals surface area contributed by atoms with Crippen LogP contribution in [-0.2, 0) is 16.4 Å². The first-order chi connectivity index (χ1) is 11.4. The van der Waals surface area contributed by atoms with Crippen molar-refractivity contribution in [2.24, 2.45) is 0 Å². The first-order valence-corrected chi connectivity index (χ1v) is 8.99. The largest absolute Gasteiger partial charge is 0.390 e. The van der Waals surface area contributed by atoms with Crippen LogP contribution in [0.4, 0.5) is 0 Å². The number of aliphatic hydroxyl groups excluding tert-OH is 1. The molecular weight excluding hydrogens is 308 g/mol. The molecule has 136 valence electrons. The third-order valence-corrected chi connectivity index (χ3v) is 4.99. The van der Waals surface area contributed by atoms with Gasteiger partial charge in [-0.05, 0) is 40.0 Å². The van der Waals surface area contributed by atoms with Crippen molar-refractivity contribution in [2.45, 2.75) is 71.0 Å². The van der Waals surface area contributed by atoms with E-state index in [1.54, 1.807) is 6.92 Å². The summed E-state index contributed by atoms with van der Waals surface area (Å²) < 4.78 is 0. The standard InChI is InChI=1S/C23H32O2/c1-16(24)23(25,19-12-8-17(9-13-19)21(2,3)4)20-14-10-18(11-15-20)22(5,6)7/h8-16,24-25H,1-7H3/t16-/m0/s1. The Balaban J connectivity index is 2.48. The summed E-state index contributed by atoms with van der Waals surface area (Å²) >= 11 is 0. The lowest BCUT2D eigenvalue weighted by molar-refractivity contribution is -0.0394. The molecule has 2 aromatic carbocycles. The summed E-state index contributed by atoms with van der Waals surface area (Å²) in [6, 6.07) is 15.8. The van der Waals surface area contributed by atoms with Crippen LogP contribution in [-0.4, -0.2) is 16.3 Å². The number of benzene rings is 2. The predicted octanol–water partition coefficient (Wildman–Crippen LogP) is 4.90. The van der Waals surface area contributed by atoms with Crippen molar-refractivity contribution in [1.29, 1.82) is 0 Å². The van der Waals surface area contributed by atoms with Gasteiger partial charge in [0, 0.05) is 0 Å². The van der Waals surface area contributed by atoms with Crippen molar-refractivity contribution in [3.8, 4) is 0 Å². The van der Waals surface area contributed by atoms with E-state index in [1.807, 2.05) is 48.5 Å². The van der Waals surface area contributed by atoms with E-state index in [9.17, 15) is 10.2 Å². The second-order valence-corrected chi connectivity index (χ2v) is 9.10. The van der Waals surface area contributed by atoms with E-state index >= 15 is 0 Å². The number of hydrogen-bond acceptors (Lipinski definition) is 2. The van der Waals surface area contributed by atoms with Crippen LogP contribution in [0.25, 0.3) is 0 Å². The maximum atomic E-state index is 11.4. The lowest BCUT2D eigenvalue weighted by Gasteiger charge is -2.33. The van der Waals surface area contributed by atoms with Crippen LogP contribution in [0.2, 0.25) is 0 Å². The van der Waals surface area contributed by atoms with E-state index in [0.29, 0.717) is 11.1 Å². The Morgan fingerprint density at radius 2 is 0.840 bits per heavy atom. The van der Waals surface area contributed by atoms with Gasteiger partial charge in [-0.2, -0.15) is 0 Å². The molecule has 0 fully saturated rings. The van der Waals surface area contributed by atoms with E-state index in [2.05, 4.69) is 41.5 Å². The molecule has 2 heteroatoms. The number of hydrogen-bond donors (Lipinski definition) is 2. The molecule has 0 amide bonds. The Labute approximate surface area is 152 Å². The molecule has 0 saturated carbocycles. The van der Waals surface area contributed by atoms with Crippen molar-refractivity contribution in [2.75, 3.05) is 0 Å². The molecule has 0 spiro atoms. The van der Waals surface area contributed by atoms with Gasteiger partial charge < -0.3 is 10.2 Å². The third-order valence-electron chi connectivity index (χ3n) is 4.99. The molecule has 2 N–H and O–H groups in total. The van der Waals surface area contributed by atoms with Gasteiger partial charge in [0.05, 0.1) is 6.10 Å². The molecule has 2 aromatic rings. The lowest BCUT2D eigenvalue weighted by atomic mass is 9.78. The maximum absolute atomic E-state index is 11.4. The predicted molar refractivity (Wildman–Crippen MR) is 105 cm³/mol. The number of aliphatic hydroxyl groups is 2. The Hall–Kier alpha value is -1.64. The molecule has 0 aromatic heterocycles. The summed E-state index contributed by atoms with van der Waals surface area (Å²) in [6.45, 7) is 14.6. The van der Waals surface area contributed by atoms with E-state index < -0.39 is 11.7 Å². The molecule has 1 atom stereocenters. The second-order valence-electron chi connectivity index (χ2n) is 9.10. The molecule has 0 aliphatic rings. The van der Waals surface area contributed by atoms with E-state index in [0.717, 1.165) is 0 Å². The normalized spacial score (nSPS) is 14.4. The van der Waals surface area contributed by atoms with Crippen molar-refractivity contribution < 1.29 is 10.2 Å². The zero-order valence-corrected chi connectivity index (χ0v) is 16.6. The van der Waals surface area contributed by atoms with Crippen LogP contribution in [0.1, 0.15) is 70.7 Å². The highest BCUT2D eigenvalue weighted by atomic mass is 16.3. The smallest absolute Gasteiger partial charge is 0.140 e. The van der Waals surface area contributed by atoms with Gasteiger partial charge in [-0.25, -0.2) is 0 Å². The zero-order valence-electron chi connectivity index (χ0n) is 16.6. The summed E-state index contributed by atoms with van der Waals surface area (Å²) in [6.07, 6.45) is -0.923. The molecule has 0 heterocycles. The molecule has 25 heavy (non-hydrogen) atoms. The van der Waals surface area contributed by atoms with Crippen LogP contribution >= 0.6 is 0 Å². The highest BCUT2D eigenvalue weighted by molar-refractivity contribution is 5.41. The fourth-order valence-corrected chi connectivity index (χ4v) is 3.10. The topological polar surface area (TPSA) is 40.5 Å². The maximum Gasteiger partial charge on any atom is 0.140 e. The summed E-state index contributed by atoms with van der Waals surface area (Å²) in [4.78, 5) is 0. The van der Waals surface area contributed by atoms with Gasteiger partial charge in [-0.3, -0.25) is 0 Å². The van der Waals surface area contributed by atoms with Crippen molar-refractivity contribution in [3.63, 3.8) is 0 Å². The Morgan fingerprint density at radius 3 is 1.04 bits per heavy atom. The first-order valence-electron chi connectivity index (χ1n) is 8.99. The molecule has 0 aliphatic carbocycles. The molecular formula is C23H32O2. The van der Waals surface area contributed by atoms with E-state index in [4.69, 9.17) is 0 Å². The minimum Gasteiger partial charge on any atom is -0.390 e.